The van der Waals surface area contributed by atoms with Gasteiger partial charge in [0.2, 0.25) is 0 Å². The molecule has 2 unspecified atom stereocenters. The molecular weight excluding hydrogens is 394 g/mol. The Kier molecular flexibility index (Phi) is 7.89. The molecule has 1 aliphatic carbocycles. The molecule has 0 aromatic carbocycles. The Labute approximate surface area is 174 Å². The number of nitrogens with zero attached hydrogens (tertiary/aromatic N) is 1. The fraction of sp³-hybridized carbons (Fsp3) is 0.476. The number of carbonyl (C=O) groups excluding carboxylic acids is 1. The van der Waals surface area contributed by atoms with Crippen molar-refractivity contribution in [2.45, 2.75) is 20.8 Å². The van der Waals surface area contributed by atoms with Gasteiger partial charge in [-0.1, -0.05) is 25.2 Å². The van der Waals surface area contributed by atoms with Crippen LogP contribution in [-0.4, -0.2) is 65.7 Å². The van der Waals surface area contributed by atoms with Crippen molar-refractivity contribution in [2.24, 2.45) is 11.3 Å². The third kappa shape index (κ3) is 5.41. The van der Waals surface area contributed by atoms with E-state index in [1.165, 1.54) is 43.0 Å². The highest BCUT2D eigenvalue weighted by atomic mass is 32.1. The van der Waals surface area contributed by atoms with Gasteiger partial charge in [-0.15, -0.1) is 11.3 Å². The van der Waals surface area contributed by atoms with Gasteiger partial charge in [0.05, 0.1) is 29.4 Å². The number of carboxylic acid groups (broad SMARTS) is 2. The summed E-state index contributed by atoms with van der Waals surface area (Å²) in [5, 5.41) is 20.5. The third-order valence-corrected chi connectivity index (χ3v) is 6.19. The number of hydrogen-bond acceptors (Lipinski definition) is 6. The molecule has 0 radical (unpaired) electrons. The Bertz CT molecular complexity index is 821. The minimum atomic E-state index is -1.57. The van der Waals surface area contributed by atoms with Gasteiger partial charge in [-0.3, -0.25) is 14.5 Å². The van der Waals surface area contributed by atoms with E-state index >= 15 is 0 Å². The van der Waals surface area contributed by atoms with Crippen LogP contribution in [0, 0.1) is 18.3 Å². The second-order valence-corrected chi connectivity index (χ2v) is 8.12. The van der Waals surface area contributed by atoms with Crippen LogP contribution in [0.25, 0.3) is 0 Å². The molecular formula is C21H27NO6S. The van der Waals surface area contributed by atoms with Crippen molar-refractivity contribution in [3.8, 4) is 0 Å². The van der Waals surface area contributed by atoms with Gasteiger partial charge < -0.3 is 14.9 Å². The first-order chi connectivity index (χ1) is 13.7. The van der Waals surface area contributed by atoms with E-state index < -0.39 is 29.1 Å². The van der Waals surface area contributed by atoms with Crippen LogP contribution in [0.5, 0.6) is 0 Å². The number of likely N-dealkylation sites (N-methyl/N-ethyl adjacent to an activating group) is 1. The lowest BCUT2D eigenvalue weighted by Gasteiger charge is -2.32. The van der Waals surface area contributed by atoms with E-state index in [1.807, 2.05) is 6.92 Å². The lowest BCUT2D eigenvalue weighted by molar-refractivity contribution is -0.147. The molecule has 0 amide bonds. The second kappa shape index (κ2) is 9.96. The molecule has 1 aliphatic heterocycles. The lowest BCUT2D eigenvalue weighted by atomic mass is 9.68. The van der Waals surface area contributed by atoms with Gasteiger partial charge >= 0.3 is 11.9 Å². The van der Waals surface area contributed by atoms with Gasteiger partial charge in [-0.05, 0) is 37.4 Å². The Hall–Kier alpha value is -2.29. The Balaban J connectivity index is 0.000000313. The summed E-state index contributed by atoms with van der Waals surface area (Å²) in [6, 6.07) is 1.65. The lowest BCUT2D eigenvalue weighted by Crippen LogP contribution is -2.42. The molecule has 3 rings (SSSR count). The number of aryl methyl sites for hydroxylation is 1. The highest BCUT2D eigenvalue weighted by Gasteiger charge is 2.49. The maximum absolute atomic E-state index is 12.7. The molecule has 1 aromatic rings. The molecule has 0 saturated carbocycles. The molecule has 2 atom stereocenters. The first-order valence-corrected chi connectivity index (χ1v) is 10.3. The minimum Gasteiger partial charge on any atom is -0.481 e. The molecule has 0 bridgehead atoms. The van der Waals surface area contributed by atoms with Gasteiger partial charge in [-0.2, -0.15) is 0 Å². The van der Waals surface area contributed by atoms with Crippen molar-refractivity contribution in [1.29, 1.82) is 0 Å². The van der Waals surface area contributed by atoms with Gasteiger partial charge in [0, 0.05) is 18.7 Å². The van der Waals surface area contributed by atoms with Gasteiger partial charge in [0.1, 0.15) is 0 Å². The summed E-state index contributed by atoms with van der Waals surface area (Å²) >= 11 is 1.19. The summed E-state index contributed by atoms with van der Waals surface area (Å²) in [7, 11) is 0. The van der Waals surface area contributed by atoms with E-state index in [0.717, 1.165) is 31.9 Å². The molecule has 2 aliphatic rings. The predicted octanol–water partition coefficient (Wildman–Crippen LogP) is 2.87. The molecule has 1 aromatic heterocycles. The number of morpholine rings is 1. The molecule has 1 saturated heterocycles. The smallest absolute Gasteiger partial charge is 0.332 e. The summed E-state index contributed by atoms with van der Waals surface area (Å²) in [5.41, 5.74) is -0.886. The van der Waals surface area contributed by atoms with Gasteiger partial charge in [-0.25, -0.2) is 4.79 Å². The summed E-state index contributed by atoms with van der Waals surface area (Å²) in [6.45, 7) is 10.6. The average molecular weight is 422 g/mol. The van der Waals surface area contributed by atoms with Crippen molar-refractivity contribution in [2.75, 3.05) is 32.8 Å². The van der Waals surface area contributed by atoms with Crippen molar-refractivity contribution >= 4 is 29.1 Å². The summed E-state index contributed by atoms with van der Waals surface area (Å²) < 4.78 is 5.16. The maximum atomic E-state index is 12.7. The van der Waals surface area contributed by atoms with E-state index in [0.29, 0.717) is 4.88 Å². The first-order valence-electron chi connectivity index (χ1n) is 9.46. The van der Waals surface area contributed by atoms with Crippen LogP contribution in [0.3, 0.4) is 0 Å². The number of Topliss-reactive ketones (excluding diaryl/α,β-unsaturated/α-hetero) is 1. The molecule has 29 heavy (non-hydrogen) atoms. The summed E-state index contributed by atoms with van der Waals surface area (Å²) in [5.74, 6) is -4.22. The van der Waals surface area contributed by atoms with E-state index in [4.69, 9.17) is 4.74 Å². The highest BCUT2D eigenvalue weighted by molar-refractivity contribution is 7.12. The summed E-state index contributed by atoms with van der Waals surface area (Å²) in [4.78, 5) is 38.4. The van der Waals surface area contributed by atoms with Crippen molar-refractivity contribution < 1.29 is 29.3 Å². The van der Waals surface area contributed by atoms with E-state index in [2.05, 4.69) is 11.8 Å². The van der Waals surface area contributed by atoms with Crippen LogP contribution in [-0.2, 0) is 14.3 Å². The van der Waals surface area contributed by atoms with Crippen LogP contribution in [0.2, 0.25) is 0 Å². The summed E-state index contributed by atoms with van der Waals surface area (Å²) in [6.07, 6.45) is 4.03. The Morgan fingerprint density at radius 2 is 1.93 bits per heavy atom. The highest BCUT2D eigenvalue weighted by Crippen LogP contribution is 2.41. The number of rotatable bonds is 5. The molecule has 158 valence electrons. The van der Waals surface area contributed by atoms with Crippen LogP contribution < -0.4 is 0 Å². The van der Waals surface area contributed by atoms with Crippen LogP contribution in [0.15, 0.2) is 35.2 Å². The standard InChI is InChI=1S/C15H14O5S.C6H13NO/c1-8-6-10(21-7-8)12(16)11-9(13(17)18)4-3-5-15(11,2)14(19)20;1-2-7-3-5-8-6-4-7/h3-7,11H,1-2H3,(H,17,18)(H,19,20);2-6H2,1H3. The SMILES string of the molecule is CCN1CCOCC1.Cc1csc(C(=O)C2C(C(=O)O)=CC=CC2(C)C(=O)O)c1. The van der Waals surface area contributed by atoms with Crippen molar-refractivity contribution in [3.05, 3.63) is 45.7 Å². The second-order valence-electron chi connectivity index (χ2n) is 7.21. The third-order valence-electron chi connectivity index (χ3n) is 5.12. The van der Waals surface area contributed by atoms with Crippen LogP contribution in [0.1, 0.15) is 29.1 Å². The first kappa shape index (κ1) is 23.0. The van der Waals surface area contributed by atoms with E-state index in [9.17, 15) is 24.6 Å². The molecule has 1 fully saturated rings. The number of aliphatic carboxylic acids is 2. The number of allylic oxidation sites excluding steroid dienone is 2. The Morgan fingerprint density at radius 1 is 1.28 bits per heavy atom. The van der Waals surface area contributed by atoms with Gasteiger partial charge in [0.15, 0.2) is 5.78 Å². The molecule has 2 heterocycles. The van der Waals surface area contributed by atoms with Crippen LogP contribution >= 0.6 is 11.3 Å². The fourth-order valence-corrected chi connectivity index (χ4v) is 4.16. The number of hydrogen-bond donors (Lipinski definition) is 2. The zero-order valence-corrected chi connectivity index (χ0v) is 17.7. The van der Waals surface area contributed by atoms with Gasteiger partial charge in [0.25, 0.3) is 0 Å². The number of carbonyl (C=O) groups is 3. The van der Waals surface area contributed by atoms with Crippen LogP contribution in [0.4, 0.5) is 0 Å². The zero-order valence-electron chi connectivity index (χ0n) is 16.9. The Morgan fingerprint density at radius 3 is 2.38 bits per heavy atom. The zero-order chi connectivity index (χ0) is 21.6. The van der Waals surface area contributed by atoms with E-state index in [-0.39, 0.29) is 5.57 Å². The largest absolute Gasteiger partial charge is 0.481 e. The minimum absolute atomic E-state index is 0.196. The topological polar surface area (TPSA) is 104 Å². The van der Waals surface area contributed by atoms with E-state index in [1.54, 1.807) is 11.4 Å². The quantitative estimate of drug-likeness (QED) is 0.705. The number of ether oxygens (including phenoxy) is 1. The van der Waals surface area contributed by atoms with Crippen molar-refractivity contribution in [3.63, 3.8) is 0 Å². The molecule has 0 spiro atoms. The predicted molar refractivity (Wildman–Crippen MR) is 110 cm³/mol. The number of thiophene rings is 1. The molecule has 2 N–H and O–H groups in total. The average Bonchev–Trinajstić information content (AvgIpc) is 3.14. The van der Waals surface area contributed by atoms with Crippen molar-refractivity contribution in [1.82, 2.24) is 4.90 Å². The maximum Gasteiger partial charge on any atom is 0.332 e. The monoisotopic (exact) mass is 421 g/mol. The number of carboxylic acids is 2. The molecule has 8 heteroatoms. The molecule has 7 nitrogen and oxygen atoms in total. The number of ketones is 1. The fourth-order valence-electron chi connectivity index (χ4n) is 3.29. The normalized spacial score (nSPS) is 24.2.